The van der Waals surface area contributed by atoms with Crippen LogP contribution in [0.1, 0.15) is 48.0 Å². The second kappa shape index (κ2) is 6.74. The first-order valence-corrected chi connectivity index (χ1v) is 6.96. The Hall–Kier alpha value is -0.0900. The lowest BCUT2D eigenvalue weighted by Crippen LogP contribution is -2.36. The molecule has 0 aliphatic rings. The molecule has 4 heteroatoms. The number of alkyl halides is 1. The van der Waals surface area contributed by atoms with Crippen LogP contribution in [0, 0.1) is 5.41 Å². The van der Waals surface area contributed by atoms with Crippen molar-refractivity contribution in [2.24, 2.45) is 5.41 Å². The fourth-order valence-corrected chi connectivity index (χ4v) is 2.43. The van der Waals surface area contributed by atoms with Gasteiger partial charge in [-0.05, 0) is 32.6 Å². The molecular weight excluding hydrogens is 282 g/mol. The molecule has 1 N–H and O–H groups in total. The Morgan fingerprint density at radius 1 is 1.24 bits per heavy atom. The molecule has 17 heavy (non-hydrogen) atoms. The molecule has 0 aromatic heterocycles. The SMILES string of the molecule is CC(C)(C)CC(Br)CNC(=O)COC(C)(C)C. The number of hydrogen-bond acceptors (Lipinski definition) is 2. The van der Waals surface area contributed by atoms with Gasteiger partial charge in [-0.2, -0.15) is 0 Å². The van der Waals surface area contributed by atoms with Crippen LogP contribution in [0.4, 0.5) is 0 Å². The molecule has 0 spiro atoms. The van der Waals surface area contributed by atoms with Gasteiger partial charge in [0.25, 0.3) is 0 Å². The monoisotopic (exact) mass is 307 g/mol. The molecule has 0 fully saturated rings. The number of hydrogen-bond donors (Lipinski definition) is 1. The van der Waals surface area contributed by atoms with E-state index in [1.807, 2.05) is 20.8 Å². The summed E-state index contributed by atoms with van der Waals surface area (Å²) in [5.41, 5.74) is -0.00262. The lowest BCUT2D eigenvalue weighted by Gasteiger charge is -2.23. The minimum Gasteiger partial charge on any atom is -0.366 e. The summed E-state index contributed by atoms with van der Waals surface area (Å²) in [6.07, 6.45) is 1.02. The van der Waals surface area contributed by atoms with Gasteiger partial charge in [-0.15, -0.1) is 0 Å². The van der Waals surface area contributed by atoms with E-state index < -0.39 is 0 Å². The Morgan fingerprint density at radius 3 is 2.18 bits per heavy atom. The molecule has 0 rings (SSSR count). The molecule has 102 valence electrons. The standard InChI is InChI=1S/C13H26BrNO2/c1-12(2,3)7-10(14)8-15-11(16)9-17-13(4,5)6/h10H,7-9H2,1-6H3,(H,15,16). The van der Waals surface area contributed by atoms with Crippen LogP contribution >= 0.6 is 15.9 Å². The molecule has 1 unspecified atom stereocenters. The van der Waals surface area contributed by atoms with Gasteiger partial charge in [-0.3, -0.25) is 4.79 Å². The highest BCUT2D eigenvalue weighted by atomic mass is 79.9. The predicted octanol–water partition coefficient (Wildman–Crippen LogP) is 3.12. The van der Waals surface area contributed by atoms with Crippen LogP contribution in [0.3, 0.4) is 0 Å². The molecule has 0 heterocycles. The molecule has 0 radical (unpaired) electrons. The van der Waals surface area contributed by atoms with Gasteiger partial charge < -0.3 is 10.1 Å². The summed E-state index contributed by atoms with van der Waals surface area (Å²) in [5.74, 6) is -0.0571. The maximum Gasteiger partial charge on any atom is 0.246 e. The normalized spacial score (nSPS) is 14.5. The lowest BCUT2D eigenvalue weighted by molar-refractivity contribution is -0.130. The Labute approximate surface area is 114 Å². The molecule has 0 saturated carbocycles. The van der Waals surface area contributed by atoms with Crippen molar-refractivity contribution >= 4 is 21.8 Å². The molecule has 0 saturated heterocycles. The zero-order valence-electron chi connectivity index (χ0n) is 11.9. The van der Waals surface area contributed by atoms with Crippen LogP contribution in [-0.4, -0.2) is 29.5 Å². The van der Waals surface area contributed by atoms with Crippen LogP contribution in [0.5, 0.6) is 0 Å². The highest BCUT2D eigenvalue weighted by Crippen LogP contribution is 2.24. The quantitative estimate of drug-likeness (QED) is 0.793. The summed E-state index contributed by atoms with van der Waals surface area (Å²) in [6.45, 7) is 13.1. The van der Waals surface area contributed by atoms with Crippen molar-refractivity contribution < 1.29 is 9.53 Å². The maximum atomic E-state index is 11.5. The summed E-state index contributed by atoms with van der Waals surface area (Å²) in [7, 11) is 0. The molecule has 0 aliphatic carbocycles. The molecule has 0 aliphatic heterocycles. The predicted molar refractivity (Wildman–Crippen MR) is 75.5 cm³/mol. The van der Waals surface area contributed by atoms with E-state index in [4.69, 9.17) is 4.74 Å². The fourth-order valence-electron chi connectivity index (χ4n) is 1.29. The minimum atomic E-state index is -0.267. The molecule has 0 aromatic rings. The number of rotatable bonds is 5. The van der Waals surface area contributed by atoms with E-state index >= 15 is 0 Å². The smallest absolute Gasteiger partial charge is 0.246 e. The molecular formula is C13H26BrNO2. The average Bonchev–Trinajstić information content (AvgIpc) is 2.07. The van der Waals surface area contributed by atoms with Gasteiger partial charge in [-0.25, -0.2) is 0 Å². The Balaban J connectivity index is 3.78. The second-order valence-corrected chi connectivity index (χ2v) is 7.86. The molecule has 0 aromatic carbocycles. The largest absolute Gasteiger partial charge is 0.366 e. The van der Waals surface area contributed by atoms with Crippen molar-refractivity contribution in [3.8, 4) is 0 Å². The van der Waals surface area contributed by atoms with E-state index in [1.54, 1.807) is 0 Å². The van der Waals surface area contributed by atoms with Gasteiger partial charge in [0.1, 0.15) is 6.61 Å². The van der Waals surface area contributed by atoms with Crippen LogP contribution in [0.15, 0.2) is 0 Å². The van der Waals surface area contributed by atoms with Crippen molar-refractivity contribution in [1.82, 2.24) is 5.32 Å². The van der Waals surface area contributed by atoms with Crippen LogP contribution in [0.2, 0.25) is 0 Å². The van der Waals surface area contributed by atoms with Crippen LogP contribution < -0.4 is 5.32 Å². The van der Waals surface area contributed by atoms with Gasteiger partial charge in [0, 0.05) is 11.4 Å². The van der Waals surface area contributed by atoms with E-state index in [0.29, 0.717) is 11.4 Å². The molecule has 3 nitrogen and oxygen atoms in total. The van der Waals surface area contributed by atoms with Gasteiger partial charge in [-0.1, -0.05) is 36.7 Å². The van der Waals surface area contributed by atoms with E-state index in [2.05, 4.69) is 42.0 Å². The van der Waals surface area contributed by atoms with Crippen LogP contribution in [-0.2, 0) is 9.53 Å². The minimum absolute atomic E-state index is 0.0571. The van der Waals surface area contributed by atoms with E-state index in [-0.39, 0.29) is 23.5 Å². The molecule has 0 bridgehead atoms. The number of ether oxygens (including phenoxy) is 1. The molecule has 1 amide bonds. The molecule has 1 atom stereocenters. The Morgan fingerprint density at radius 2 is 1.76 bits per heavy atom. The van der Waals surface area contributed by atoms with Gasteiger partial charge in [0.05, 0.1) is 5.60 Å². The number of nitrogens with one attached hydrogen (secondary N) is 1. The van der Waals surface area contributed by atoms with Crippen LogP contribution in [0.25, 0.3) is 0 Å². The van der Waals surface area contributed by atoms with Crippen molar-refractivity contribution in [3.63, 3.8) is 0 Å². The van der Waals surface area contributed by atoms with Gasteiger partial charge >= 0.3 is 0 Å². The maximum absolute atomic E-state index is 11.5. The summed E-state index contributed by atoms with van der Waals surface area (Å²) in [5, 5.41) is 2.87. The Kier molecular flexibility index (Phi) is 6.70. The average molecular weight is 308 g/mol. The topological polar surface area (TPSA) is 38.3 Å². The van der Waals surface area contributed by atoms with E-state index in [1.165, 1.54) is 0 Å². The summed E-state index contributed by atoms with van der Waals surface area (Å²) < 4.78 is 5.40. The zero-order chi connectivity index (χ0) is 13.7. The van der Waals surface area contributed by atoms with Crippen molar-refractivity contribution in [1.29, 1.82) is 0 Å². The number of amides is 1. The van der Waals surface area contributed by atoms with Gasteiger partial charge in [0.2, 0.25) is 5.91 Å². The van der Waals surface area contributed by atoms with Crippen molar-refractivity contribution in [3.05, 3.63) is 0 Å². The summed E-state index contributed by atoms with van der Waals surface area (Å²) in [6, 6.07) is 0. The lowest BCUT2D eigenvalue weighted by atomic mass is 9.90. The summed E-state index contributed by atoms with van der Waals surface area (Å²) in [4.78, 5) is 11.8. The van der Waals surface area contributed by atoms with Gasteiger partial charge in [0.15, 0.2) is 0 Å². The third-order valence-corrected chi connectivity index (χ3v) is 2.64. The highest BCUT2D eigenvalue weighted by Gasteiger charge is 2.17. The Bertz CT molecular complexity index is 241. The first-order chi connectivity index (χ1) is 7.49. The van der Waals surface area contributed by atoms with E-state index in [9.17, 15) is 4.79 Å². The summed E-state index contributed by atoms with van der Waals surface area (Å²) >= 11 is 3.58. The first-order valence-electron chi connectivity index (χ1n) is 6.04. The fraction of sp³-hybridized carbons (Fsp3) is 0.923. The third kappa shape index (κ3) is 12.2. The number of carbonyl (C=O) groups excluding carboxylic acids is 1. The van der Waals surface area contributed by atoms with Crippen molar-refractivity contribution in [2.45, 2.75) is 58.4 Å². The second-order valence-electron chi connectivity index (χ2n) is 6.57. The first kappa shape index (κ1) is 16.9. The van der Waals surface area contributed by atoms with E-state index in [0.717, 1.165) is 6.42 Å². The van der Waals surface area contributed by atoms with Crippen molar-refractivity contribution in [2.75, 3.05) is 13.2 Å². The number of carbonyl (C=O) groups is 1. The number of halogens is 1. The third-order valence-electron chi connectivity index (χ3n) is 1.99. The highest BCUT2D eigenvalue weighted by molar-refractivity contribution is 9.09. The zero-order valence-corrected chi connectivity index (χ0v) is 13.5.